The number of rotatable bonds is 5. The summed E-state index contributed by atoms with van der Waals surface area (Å²) in [5, 5.41) is 25.7. The van der Waals surface area contributed by atoms with Crippen LogP contribution >= 0.6 is 11.6 Å². The molecular weight excluding hydrogens is 416 g/mol. The monoisotopic (exact) mass is 436 g/mol. The SMILES string of the molecule is CN(Cc1cccn1C)C(=O)c1cc(-c2ccnn2-c2ccccc2Cl)c(O)cc1O. The van der Waals surface area contributed by atoms with Crippen LogP contribution in [0.3, 0.4) is 0 Å². The minimum absolute atomic E-state index is 0.0800. The lowest BCUT2D eigenvalue weighted by atomic mass is 10.0. The van der Waals surface area contributed by atoms with Crippen molar-refractivity contribution < 1.29 is 15.0 Å². The van der Waals surface area contributed by atoms with Crippen LogP contribution in [0, 0.1) is 0 Å². The van der Waals surface area contributed by atoms with Gasteiger partial charge in [0.1, 0.15) is 11.5 Å². The first-order valence-electron chi connectivity index (χ1n) is 9.57. The molecule has 0 aliphatic heterocycles. The van der Waals surface area contributed by atoms with Crippen LogP contribution in [-0.2, 0) is 13.6 Å². The second kappa shape index (κ2) is 8.20. The lowest BCUT2D eigenvalue weighted by Crippen LogP contribution is -2.27. The molecule has 1 amide bonds. The van der Waals surface area contributed by atoms with E-state index in [1.54, 1.807) is 36.1 Å². The van der Waals surface area contributed by atoms with Gasteiger partial charge in [-0.25, -0.2) is 4.68 Å². The first-order chi connectivity index (χ1) is 14.9. The van der Waals surface area contributed by atoms with Crippen LogP contribution in [-0.4, -0.2) is 42.4 Å². The smallest absolute Gasteiger partial charge is 0.257 e. The number of phenolic OH excluding ortho intramolecular Hbond substituents is 2. The number of halogens is 1. The van der Waals surface area contributed by atoms with Gasteiger partial charge < -0.3 is 19.7 Å². The van der Waals surface area contributed by atoms with Crippen LogP contribution in [0.15, 0.2) is 67.0 Å². The maximum atomic E-state index is 13.1. The van der Waals surface area contributed by atoms with E-state index in [1.807, 2.05) is 42.1 Å². The van der Waals surface area contributed by atoms with Crippen molar-refractivity contribution in [2.75, 3.05) is 7.05 Å². The Kier molecular flexibility index (Phi) is 5.44. The van der Waals surface area contributed by atoms with Crippen molar-refractivity contribution >= 4 is 17.5 Å². The third-order valence-corrected chi connectivity index (χ3v) is 5.46. The summed E-state index contributed by atoms with van der Waals surface area (Å²) < 4.78 is 3.50. The van der Waals surface area contributed by atoms with E-state index in [4.69, 9.17) is 11.6 Å². The molecule has 2 N–H and O–H groups in total. The number of phenols is 2. The third kappa shape index (κ3) is 3.87. The number of carbonyl (C=O) groups excluding carboxylic acids is 1. The number of amides is 1. The van der Waals surface area contributed by atoms with Gasteiger partial charge in [0.2, 0.25) is 0 Å². The van der Waals surface area contributed by atoms with Crippen molar-refractivity contribution in [2.45, 2.75) is 6.54 Å². The predicted molar refractivity (Wildman–Crippen MR) is 119 cm³/mol. The maximum absolute atomic E-state index is 13.1. The number of carbonyl (C=O) groups is 1. The molecule has 0 aliphatic carbocycles. The molecule has 7 nitrogen and oxygen atoms in total. The van der Waals surface area contributed by atoms with Gasteiger partial charge in [-0.15, -0.1) is 0 Å². The number of hydrogen-bond acceptors (Lipinski definition) is 4. The molecule has 8 heteroatoms. The molecule has 0 saturated heterocycles. The number of benzene rings is 2. The molecule has 0 unspecified atom stereocenters. The second-order valence-electron chi connectivity index (χ2n) is 7.24. The molecule has 0 fully saturated rings. The zero-order valence-corrected chi connectivity index (χ0v) is 17.8. The van der Waals surface area contributed by atoms with Gasteiger partial charge in [0, 0.05) is 37.6 Å². The van der Waals surface area contributed by atoms with Gasteiger partial charge in [0.05, 0.1) is 34.7 Å². The lowest BCUT2D eigenvalue weighted by Gasteiger charge is -2.19. The summed E-state index contributed by atoms with van der Waals surface area (Å²) in [6.45, 7) is 0.371. The Labute approximate surface area is 184 Å². The fraction of sp³-hybridized carbons (Fsp3) is 0.130. The van der Waals surface area contributed by atoms with Gasteiger partial charge >= 0.3 is 0 Å². The van der Waals surface area contributed by atoms with E-state index in [2.05, 4.69) is 5.10 Å². The summed E-state index contributed by atoms with van der Waals surface area (Å²) in [5.41, 5.74) is 2.54. The molecule has 31 heavy (non-hydrogen) atoms. The molecule has 2 heterocycles. The van der Waals surface area contributed by atoms with E-state index < -0.39 is 0 Å². The number of aromatic nitrogens is 3. The summed E-state index contributed by atoms with van der Waals surface area (Å²) in [5.74, 6) is -0.842. The molecule has 0 saturated carbocycles. The largest absolute Gasteiger partial charge is 0.507 e. The Morgan fingerprint density at radius 3 is 2.58 bits per heavy atom. The Hall–Kier alpha value is -3.71. The van der Waals surface area contributed by atoms with Crippen LogP contribution in [0.1, 0.15) is 16.1 Å². The highest BCUT2D eigenvalue weighted by Crippen LogP contribution is 2.37. The average Bonchev–Trinajstić information content (AvgIpc) is 3.37. The first kappa shape index (κ1) is 20.6. The van der Waals surface area contributed by atoms with Crippen LogP contribution < -0.4 is 0 Å². The molecule has 2 aromatic carbocycles. The minimum Gasteiger partial charge on any atom is -0.507 e. The standard InChI is InChI=1S/C23H21ClN4O3/c1-26-11-5-6-15(26)14-27(2)23(31)17-12-16(21(29)13-22(17)30)19-9-10-25-28(19)20-8-4-3-7-18(20)24/h3-13,29-30H,14H2,1-2H3. The molecule has 0 aliphatic rings. The summed E-state index contributed by atoms with van der Waals surface area (Å²) in [4.78, 5) is 14.6. The molecule has 0 atom stereocenters. The Bertz CT molecular complexity index is 1260. The van der Waals surface area contributed by atoms with Gasteiger partial charge in [-0.05, 0) is 36.4 Å². The normalized spacial score (nSPS) is 10.9. The van der Waals surface area contributed by atoms with E-state index in [9.17, 15) is 15.0 Å². The van der Waals surface area contributed by atoms with E-state index in [-0.39, 0.29) is 23.0 Å². The minimum atomic E-state index is -0.372. The fourth-order valence-corrected chi connectivity index (χ4v) is 3.67. The molecule has 2 aromatic heterocycles. The number of para-hydroxylation sites is 1. The van der Waals surface area contributed by atoms with Crippen LogP contribution in [0.5, 0.6) is 11.5 Å². The first-order valence-corrected chi connectivity index (χ1v) is 9.95. The zero-order valence-electron chi connectivity index (χ0n) is 17.0. The van der Waals surface area contributed by atoms with Crippen molar-refractivity contribution in [2.24, 2.45) is 7.05 Å². The van der Waals surface area contributed by atoms with Gasteiger partial charge in [0.15, 0.2) is 0 Å². The van der Waals surface area contributed by atoms with Crippen LogP contribution in [0.2, 0.25) is 5.02 Å². The van der Waals surface area contributed by atoms with Crippen molar-refractivity contribution in [3.8, 4) is 28.4 Å². The second-order valence-corrected chi connectivity index (χ2v) is 7.65. The Morgan fingerprint density at radius 1 is 1.10 bits per heavy atom. The Balaban J connectivity index is 1.73. The average molecular weight is 437 g/mol. The van der Waals surface area contributed by atoms with Crippen molar-refractivity contribution in [3.63, 3.8) is 0 Å². The number of aryl methyl sites for hydroxylation is 1. The van der Waals surface area contributed by atoms with Crippen molar-refractivity contribution in [1.29, 1.82) is 0 Å². The van der Waals surface area contributed by atoms with E-state index in [0.717, 1.165) is 5.69 Å². The summed E-state index contributed by atoms with van der Waals surface area (Å²) in [7, 11) is 3.56. The molecule has 4 aromatic rings. The van der Waals surface area contributed by atoms with Gasteiger partial charge in [0.25, 0.3) is 5.91 Å². The summed E-state index contributed by atoms with van der Waals surface area (Å²) >= 11 is 6.32. The van der Waals surface area contributed by atoms with E-state index >= 15 is 0 Å². The molecule has 0 bridgehead atoms. The summed E-state index contributed by atoms with van der Waals surface area (Å²) in [6, 6.07) is 15.4. The Morgan fingerprint density at radius 2 is 1.87 bits per heavy atom. The van der Waals surface area contributed by atoms with Crippen molar-refractivity contribution in [3.05, 3.63) is 83.3 Å². The highest BCUT2D eigenvalue weighted by molar-refractivity contribution is 6.32. The zero-order chi connectivity index (χ0) is 22.1. The third-order valence-electron chi connectivity index (χ3n) is 5.14. The predicted octanol–water partition coefficient (Wildman–Crippen LogP) is 4.21. The van der Waals surface area contributed by atoms with E-state index in [0.29, 0.717) is 28.5 Å². The maximum Gasteiger partial charge on any atom is 0.257 e. The highest BCUT2D eigenvalue weighted by atomic mass is 35.5. The highest BCUT2D eigenvalue weighted by Gasteiger charge is 2.22. The van der Waals surface area contributed by atoms with Gasteiger partial charge in [-0.2, -0.15) is 5.10 Å². The van der Waals surface area contributed by atoms with Gasteiger partial charge in [-0.3, -0.25) is 4.79 Å². The molecule has 0 radical (unpaired) electrons. The van der Waals surface area contributed by atoms with Gasteiger partial charge in [-0.1, -0.05) is 23.7 Å². The van der Waals surface area contributed by atoms with Crippen LogP contribution in [0.4, 0.5) is 0 Å². The van der Waals surface area contributed by atoms with E-state index in [1.165, 1.54) is 17.0 Å². The van der Waals surface area contributed by atoms with Crippen LogP contribution in [0.25, 0.3) is 16.9 Å². The number of nitrogens with zero attached hydrogens (tertiary/aromatic N) is 4. The summed E-state index contributed by atoms with van der Waals surface area (Å²) in [6.07, 6.45) is 3.48. The molecular formula is C23H21ClN4O3. The topological polar surface area (TPSA) is 83.5 Å². The number of hydrogen-bond donors (Lipinski definition) is 2. The molecule has 158 valence electrons. The fourth-order valence-electron chi connectivity index (χ4n) is 3.46. The molecule has 4 rings (SSSR count). The number of aromatic hydroxyl groups is 2. The lowest BCUT2D eigenvalue weighted by molar-refractivity contribution is 0.0779. The van der Waals surface area contributed by atoms with Crippen molar-refractivity contribution in [1.82, 2.24) is 19.2 Å². The molecule has 0 spiro atoms. The quantitative estimate of drug-likeness (QED) is 0.490.